The molecule has 0 saturated carbocycles. The summed E-state index contributed by atoms with van der Waals surface area (Å²) in [4.78, 5) is 30.4. The molecule has 0 aliphatic rings. The Hall–Kier alpha value is -3.50. The van der Waals surface area contributed by atoms with E-state index in [1.54, 1.807) is 37.4 Å². The van der Waals surface area contributed by atoms with Gasteiger partial charge in [-0.1, -0.05) is 24.3 Å². The first kappa shape index (κ1) is 20.2. The number of ether oxygens (including phenoxy) is 1. The third kappa shape index (κ3) is 5.06. The minimum Gasteiger partial charge on any atom is -0.452 e. The molecule has 0 fully saturated rings. The minimum absolute atomic E-state index is 0.229. The van der Waals surface area contributed by atoms with Crippen LogP contribution in [0.5, 0.6) is 0 Å². The number of amides is 1. The highest BCUT2D eigenvalue weighted by Crippen LogP contribution is 2.28. The van der Waals surface area contributed by atoms with Gasteiger partial charge < -0.3 is 9.64 Å². The molecule has 29 heavy (non-hydrogen) atoms. The lowest BCUT2D eigenvalue weighted by molar-refractivity contribution is -0.148. The average Bonchev–Trinajstić information content (AvgIpc) is 3.19. The number of benzene rings is 2. The minimum atomic E-state index is -0.608. The molecule has 1 aromatic heterocycles. The molecule has 0 spiro atoms. The molecule has 1 atom stereocenters. The van der Waals surface area contributed by atoms with Gasteiger partial charge >= 0.3 is 5.97 Å². The summed E-state index contributed by atoms with van der Waals surface area (Å²) in [5.41, 5.74) is 2.20. The Morgan fingerprint density at radius 1 is 1.24 bits per heavy atom. The van der Waals surface area contributed by atoms with Gasteiger partial charge in [-0.05, 0) is 42.8 Å². The average molecular weight is 405 g/mol. The zero-order valence-corrected chi connectivity index (χ0v) is 16.8. The van der Waals surface area contributed by atoms with Crippen molar-refractivity contribution in [3.63, 3.8) is 0 Å². The number of nitriles is 1. The summed E-state index contributed by atoms with van der Waals surface area (Å²) in [6.07, 6.45) is 2.83. The van der Waals surface area contributed by atoms with Crippen LogP contribution >= 0.6 is 11.3 Å². The molecule has 0 saturated heterocycles. The van der Waals surface area contributed by atoms with Gasteiger partial charge in [0.05, 0.1) is 27.9 Å². The summed E-state index contributed by atoms with van der Waals surface area (Å²) in [7, 11) is 1.67. The van der Waals surface area contributed by atoms with E-state index in [0.29, 0.717) is 5.56 Å². The summed E-state index contributed by atoms with van der Waals surface area (Å²) in [6, 6.07) is 16.4. The summed E-state index contributed by atoms with van der Waals surface area (Å²) in [6.45, 7) is 1.55. The summed E-state index contributed by atoms with van der Waals surface area (Å²) in [5.74, 6) is -0.916. The molecule has 7 heteroatoms. The lowest BCUT2D eigenvalue weighted by Crippen LogP contribution is -2.33. The van der Waals surface area contributed by atoms with Crippen molar-refractivity contribution in [3.8, 4) is 6.07 Å². The van der Waals surface area contributed by atoms with Gasteiger partial charge in [-0.15, -0.1) is 11.3 Å². The van der Waals surface area contributed by atoms with Crippen LogP contribution in [0.15, 0.2) is 54.6 Å². The SMILES string of the molecule is C[C@H](c1nc2ccccc2s1)N(C)C(=O)COC(=O)/C=C/c1ccc(C#N)cc1. The van der Waals surface area contributed by atoms with Crippen molar-refractivity contribution in [3.05, 3.63) is 70.7 Å². The lowest BCUT2D eigenvalue weighted by atomic mass is 10.1. The second-order valence-corrected chi connectivity index (χ2v) is 7.44. The number of carbonyl (C=O) groups is 2. The highest BCUT2D eigenvalue weighted by Gasteiger charge is 2.21. The van der Waals surface area contributed by atoms with Crippen molar-refractivity contribution in [1.82, 2.24) is 9.88 Å². The van der Waals surface area contributed by atoms with Gasteiger partial charge in [0.2, 0.25) is 0 Å². The molecule has 2 aromatic carbocycles. The molecule has 0 bridgehead atoms. The number of nitrogens with zero attached hydrogens (tertiary/aromatic N) is 3. The van der Waals surface area contributed by atoms with E-state index in [-0.39, 0.29) is 18.6 Å². The van der Waals surface area contributed by atoms with Gasteiger partial charge in [-0.2, -0.15) is 5.26 Å². The van der Waals surface area contributed by atoms with Crippen LogP contribution in [0, 0.1) is 11.3 Å². The Bertz CT molecular complexity index is 1060. The number of hydrogen-bond donors (Lipinski definition) is 0. The number of fused-ring (bicyclic) bond motifs is 1. The third-order valence-corrected chi connectivity index (χ3v) is 5.64. The van der Waals surface area contributed by atoms with E-state index in [1.807, 2.05) is 37.3 Å². The monoisotopic (exact) mass is 405 g/mol. The third-order valence-electron chi connectivity index (χ3n) is 4.43. The molecule has 0 aliphatic heterocycles. The van der Waals surface area contributed by atoms with Crippen LogP contribution in [0.4, 0.5) is 0 Å². The van der Waals surface area contributed by atoms with E-state index >= 15 is 0 Å². The molecular weight excluding hydrogens is 386 g/mol. The fourth-order valence-electron chi connectivity index (χ4n) is 2.57. The first-order valence-electron chi connectivity index (χ1n) is 8.94. The molecule has 3 rings (SSSR count). The zero-order valence-electron chi connectivity index (χ0n) is 16.0. The maximum atomic E-state index is 12.4. The van der Waals surface area contributed by atoms with Gasteiger partial charge in [-0.25, -0.2) is 9.78 Å². The molecule has 0 radical (unpaired) electrons. The molecule has 1 amide bonds. The van der Waals surface area contributed by atoms with Crippen molar-refractivity contribution < 1.29 is 14.3 Å². The van der Waals surface area contributed by atoms with Crippen molar-refractivity contribution in [2.75, 3.05) is 13.7 Å². The first-order valence-corrected chi connectivity index (χ1v) is 9.75. The molecule has 1 heterocycles. The van der Waals surface area contributed by atoms with Gasteiger partial charge in [0.25, 0.3) is 5.91 Å². The normalized spacial score (nSPS) is 11.9. The first-order chi connectivity index (χ1) is 14.0. The Morgan fingerprint density at radius 2 is 1.97 bits per heavy atom. The van der Waals surface area contributed by atoms with Gasteiger partial charge in [0.15, 0.2) is 6.61 Å². The second-order valence-electron chi connectivity index (χ2n) is 6.38. The molecular formula is C22H19N3O3S. The molecule has 0 unspecified atom stereocenters. The number of thiazole rings is 1. The van der Waals surface area contributed by atoms with Crippen LogP contribution in [-0.4, -0.2) is 35.4 Å². The number of carbonyl (C=O) groups excluding carboxylic acids is 2. The van der Waals surface area contributed by atoms with Crippen LogP contribution in [0.3, 0.4) is 0 Å². The van der Waals surface area contributed by atoms with Crippen LogP contribution in [0.2, 0.25) is 0 Å². The molecule has 3 aromatic rings. The topological polar surface area (TPSA) is 83.3 Å². The van der Waals surface area contributed by atoms with E-state index in [1.165, 1.54) is 22.3 Å². The molecule has 0 aliphatic carbocycles. The Morgan fingerprint density at radius 3 is 2.66 bits per heavy atom. The van der Waals surface area contributed by atoms with E-state index in [9.17, 15) is 9.59 Å². The molecule has 6 nitrogen and oxygen atoms in total. The molecule has 146 valence electrons. The van der Waals surface area contributed by atoms with Gasteiger partial charge in [-0.3, -0.25) is 4.79 Å². The van der Waals surface area contributed by atoms with Crippen LogP contribution in [0.1, 0.15) is 29.1 Å². The summed E-state index contributed by atoms with van der Waals surface area (Å²) >= 11 is 1.54. The zero-order chi connectivity index (χ0) is 20.8. The van der Waals surface area contributed by atoms with Crippen molar-refractivity contribution in [2.24, 2.45) is 0 Å². The van der Waals surface area contributed by atoms with E-state index in [4.69, 9.17) is 10.00 Å². The van der Waals surface area contributed by atoms with E-state index in [2.05, 4.69) is 4.98 Å². The maximum absolute atomic E-state index is 12.4. The number of aromatic nitrogens is 1. The second kappa shape index (κ2) is 9.13. The predicted molar refractivity (Wildman–Crippen MR) is 112 cm³/mol. The maximum Gasteiger partial charge on any atom is 0.331 e. The number of rotatable bonds is 6. The number of likely N-dealkylation sites (N-methyl/N-ethyl adjacent to an activating group) is 1. The predicted octanol–water partition coefficient (Wildman–Crippen LogP) is 3.94. The molecule has 0 N–H and O–H groups in total. The summed E-state index contributed by atoms with van der Waals surface area (Å²) in [5, 5.41) is 9.61. The Labute approximate surface area is 172 Å². The lowest BCUT2D eigenvalue weighted by Gasteiger charge is -2.22. The number of para-hydroxylation sites is 1. The highest BCUT2D eigenvalue weighted by atomic mass is 32.1. The van der Waals surface area contributed by atoms with Crippen LogP contribution < -0.4 is 0 Å². The van der Waals surface area contributed by atoms with Crippen molar-refractivity contribution in [2.45, 2.75) is 13.0 Å². The Kier molecular flexibility index (Phi) is 6.37. The van der Waals surface area contributed by atoms with Crippen molar-refractivity contribution >= 4 is 39.5 Å². The fourth-order valence-corrected chi connectivity index (χ4v) is 3.63. The quantitative estimate of drug-likeness (QED) is 0.458. The van der Waals surface area contributed by atoms with Crippen LogP contribution in [-0.2, 0) is 14.3 Å². The summed E-state index contributed by atoms with van der Waals surface area (Å²) < 4.78 is 6.11. The van der Waals surface area contributed by atoms with Crippen molar-refractivity contribution in [1.29, 1.82) is 5.26 Å². The standard InChI is InChI=1S/C22H19N3O3S/c1-15(22-24-18-5-3-4-6-19(18)29-22)25(2)20(26)14-28-21(27)12-11-16-7-9-17(13-23)10-8-16/h3-12,15H,14H2,1-2H3/b12-11+/t15-/m1/s1. The smallest absolute Gasteiger partial charge is 0.331 e. The Balaban J connectivity index is 1.54. The van der Waals surface area contributed by atoms with Crippen LogP contribution in [0.25, 0.3) is 16.3 Å². The van der Waals surface area contributed by atoms with Gasteiger partial charge in [0, 0.05) is 13.1 Å². The number of hydrogen-bond acceptors (Lipinski definition) is 6. The fraction of sp³-hybridized carbons (Fsp3) is 0.182. The van der Waals surface area contributed by atoms with Gasteiger partial charge in [0.1, 0.15) is 5.01 Å². The highest BCUT2D eigenvalue weighted by molar-refractivity contribution is 7.18. The van der Waals surface area contributed by atoms with E-state index in [0.717, 1.165) is 20.8 Å². The largest absolute Gasteiger partial charge is 0.452 e. The number of esters is 1. The van der Waals surface area contributed by atoms with E-state index < -0.39 is 5.97 Å².